The summed E-state index contributed by atoms with van der Waals surface area (Å²) in [4.78, 5) is 8.09. The van der Waals surface area contributed by atoms with Crippen molar-refractivity contribution in [2.75, 3.05) is 5.73 Å². The third kappa shape index (κ3) is 3.29. The van der Waals surface area contributed by atoms with Crippen molar-refractivity contribution in [1.29, 1.82) is 5.26 Å². The molecule has 2 rings (SSSR count). The molecular formula is C12H8Cl2N4S. The molecule has 0 saturated carbocycles. The molecule has 19 heavy (non-hydrogen) atoms. The Balaban J connectivity index is 2.15. The molecule has 0 aliphatic rings. The average molecular weight is 311 g/mol. The van der Waals surface area contributed by atoms with E-state index in [1.54, 1.807) is 18.2 Å². The Morgan fingerprint density at radius 1 is 1.32 bits per heavy atom. The molecule has 0 spiro atoms. The number of anilines is 1. The number of thioether (sulfide) groups is 1. The summed E-state index contributed by atoms with van der Waals surface area (Å²) in [5.41, 5.74) is 6.71. The van der Waals surface area contributed by atoms with Crippen LogP contribution in [-0.2, 0) is 5.75 Å². The van der Waals surface area contributed by atoms with Gasteiger partial charge in [-0.1, -0.05) is 41.0 Å². The second kappa shape index (κ2) is 6.11. The van der Waals surface area contributed by atoms with Gasteiger partial charge in [-0.25, -0.2) is 9.97 Å². The molecular weight excluding hydrogens is 303 g/mol. The lowest BCUT2D eigenvalue weighted by molar-refractivity contribution is 0.969. The van der Waals surface area contributed by atoms with Crippen molar-refractivity contribution in [1.82, 2.24) is 9.97 Å². The summed E-state index contributed by atoms with van der Waals surface area (Å²) in [6.45, 7) is 0. The highest BCUT2D eigenvalue weighted by molar-refractivity contribution is 7.98. The van der Waals surface area contributed by atoms with E-state index < -0.39 is 0 Å². The lowest BCUT2D eigenvalue weighted by Crippen LogP contribution is -1.98. The molecule has 1 aromatic carbocycles. The first-order valence-electron chi connectivity index (χ1n) is 5.20. The van der Waals surface area contributed by atoms with Crippen LogP contribution in [0.1, 0.15) is 11.1 Å². The minimum absolute atomic E-state index is 0.172. The number of nitrogens with two attached hydrogens (primary N) is 1. The smallest absolute Gasteiger partial charge is 0.189 e. The standard InChI is InChI=1S/C12H8Cl2N4S/c13-9-2-1-3-10(14)8(9)6-19-12-17-5-7(4-15)11(16)18-12/h1-3,5H,6H2,(H2,16,17,18). The van der Waals surface area contributed by atoms with Gasteiger partial charge in [-0.3, -0.25) is 0 Å². The Morgan fingerprint density at radius 3 is 2.58 bits per heavy atom. The molecule has 2 N–H and O–H groups in total. The lowest BCUT2D eigenvalue weighted by atomic mass is 10.2. The van der Waals surface area contributed by atoms with E-state index in [4.69, 9.17) is 34.2 Å². The zero-order valence-corrected chi connectivity index (χ0v) is 11.9. The van der Waals surface area contributed by atoms with Crippen LogP contribution in [0.15, 0.2) is 29.6 Å². The fourth-order valence-corrected chi connectivity index (χ4v) is 2.90. The van der Waals surface area contributed by atoms with Gasteiger partial charge in [0.2, 0.25) is 0 Å². The number of benzene rings is 1. The highest BCUT2D eigenvalue weighted by atomic mass is 35.5. The largest absolute Gasteiger partial charge is 0.382 e. The second-order valence-corrected chi connectivity index (χ2v) is 5.31. The molecule has 1 heterocycles. The van der Waals surface area contributed by atoms with E-state index in [-0.39, 0.29) is 11.4 Å². The van der Waals surface area contributed by atoms with Crippen LogP contribution in [-0.4, -0.2) is 9.97 Å². The molecule has 4 nitrogen and oxygen atoms in total. The van der Waals surface area contributed by atoms with E-state index in [1.165, 1.54) is 18.0 Å². The Kier molecular flexibility index (Phi) is 4.48. The highest BCUT2D eigenvalue weighted by Crippen LogP contribution is 2.30. The SMILES string of the molecule is N#Cc1cnc(SCc2c(Cl)cccc2Cl)nc1N. The summed E-state index contributed by atoms with van der Waals surface area (Å²) in [7, 11) is 0. The number of halogens is 2. The fourth-order valence-electron chi connectivity index (χ4n) is 1.34. The zero-order valence-electron chi connectivity index (χ0n) is 9.60. The molecule has 0 atom stereocenters. The van der Waals surface area contributed by atoms with Crippen molar-refractivity contribution in [2.24, 2.45) is 0 Å². The molecule has 0 amide bonds. The van der Waals surface area contributed by atoms with E-state index in [0.717, 1.165) is 5.56 Å². The molecule has 2 aromatic rings. The maximum Gasteiger partial charge on any atom is 0.189 e. The van der Waals surface area contributed by atoms with Gasteiger partial charge < -0.3 is 5.73 Å². The van der Waals surface area contributed by atoms with Gasteiger partial charge in [0, 0.05) is 15.8 Å². The third-order valence-electron chi connectivity index (χ3n) is 2.32. The van der Waals surface area contributed by atoms with Gasteiger partial charge in [0.1, 0.15) is 17.5 Å². The van der Waals surface area contributed by atoms with Crippen LogP contribution in [0.2, 0.25) is 10.0 Å². The average Bonchev–Trinajstić information content (AvgIpc) is 2.38. The molecule has 0 unspecified atom stereocenters. The maximum absolute atomic E-state index is 8.74. The first-order valence-corrected chi connectivity index (χ1v) is 6.94. The van der Waals surface area contributed by atoms with E-state index in [9.17, 15) is 0 Å². The van der Waals surface area contributed by atoms with E-state index in [2.05, 4.69) is 9.97 Å². The normalized spacial score (nSPS) is 10.2. The Bertz CT molecular complexity index is 634. The summed E-state index contributed by atoms with van der Waals surface area (Å²) in [5, 5.41) is 10.4. The molecule has 0 fully saturated rings. The predicted molar refractivity (Wildman–Crippen MR) is 77.2 cm³/mol. The van der Waals surface area contributed by atoms with E-state index >= 15 is 0 Å². The van der Waals surface area contributed by atoms with Crippen LogP contribution in [0.3, 0.4) is 0 Å². The van der Waals surface area contributed by atoms with Crippen molar-refractivity contribution in [3.63, 3.8) is 0 Å². The number of nitrogens with zero attached hydrogens (tertiary/aromatic N) is 3. The monoisotopic (exact) mass is 310 g/mol. The van der Waals surface area contributed by atoms with Crippen LogP contribution < -0.4 is 5.73 Å². The van der Waals surface area contributed by atoms with Gasteiger partial charge in [0.05, 0.1) is 6.20 Å². The number of aromatic nitrogens is 2. The number of nitriles is 1. The van der Waals surface area contributed by atoms with E-state index in [0.29, 0.717) is 21.0 Å². The van der Waals surface area contributed by atoms with Gasteiger partial charge in [-0.15, -0.1) is 0 Å². The summed E-state index contributed by atoms with van der Waals surface area (Å²) in [6, 6.07) is 7.25. The number of hydrogen-bond acceptors (Lipinski definition) is 5. The quantitative estimate of drug-likeness (QED) is 0.693. The summed E-state index contributed by atoms with van der Waals surface area (Å²) in [5.74, 6) is 0.703. The second-order valence-electron chi connectivity index (χ2n) is 3.55. The minimum Gasteiger partial charge on any atom is -0.382 e. The van der Waals surface area contributed by atoms with Gasteiger partial charge in [-0.2, -0.15) is 5.26 Å². The Labute approximate surface area is 124 Å². The van der Waals surface area contributed by atoms with Gasteiger partial charge in [0.25, 0.3) is 0 Å². The van der Waals surface area contributed by atoms with Gasteiger partial charge >= 0.3 is 0 Å². The Hall–Kier alpha value is -1.48. The summed E-state index contributed by atoms with van der Waals surface area (Å²) in [6.07, 6.45) is 1.40. The predicted octanol–water partition coefficient (Wildman–Crippen LogP) is 3.53. The summed E-state index contributed by atoms with van der Waals surface area (Å²) >= 11 is 13.5. The molecule has 96 valence electrons. The fraction of sp³-hybridized carbons (Fsp3) is 0.0833. The van der Waals surface area contributed by atoms with Crippen LogP contribution in [0.5, 0.6) is 0 Å². The van der Waals surface area contributed by atoms with Crippen LogP contribution in [0, 0.1) is 11.3 Å². The summed E-state index contributed by atoms with van der Waals surface area (Å²) < 4.78 is 0. The first-order chi connectivity index (χ1) is 9.11. The van der Waals surface area contributed by atoms with Gasteiger partial charge in [0.15, 0.2) is 5.16 Å². The van der Waals surface area contributed by atoms with Crippen molar-refractivity contribution >= 4 is 40.8 Å². The minimum atomic E-state index is 0.172. The Morgan fingerprint density at radius 2 is 2.00 bits per heavy atom. The molecule has 1 aromatic heterocycles. The van der Waals surface area contributed by atoms with Crippen molar-refractivity contribution in [2.45, 2.75) is 10.9 Å². The molecule has 0 aliphatic carbocycles. The third-order valence-corrected chi connectivity index (χ3v) is 3.92. The zero-order chi connectivity index (χ0) is 13.8. The van der Waals surface area contributed by atoms with Crippen molar-refractivity contribution in [3.05, 3.63) is 45.6 Å². The number of hydrogen-bond donors (Lipinski definition) is 1. The van der Waals surface area contributed by atoms with E-state index in [1.807, 2.05) is 6.07 Å². The molecule has 0 saturated heterocycles. The van der Waals surface area contributed by atoms with Crippen LogP contribution >= 0.6 is 35.0 Å². The maximum atomic E-state index is 8.74. The van der Waals surface area contributed by atoms with Crippen molar-refractivity contribution in [3.8, 4) is 6.07 Å². The number of rotatable bonds is 3. The topological polar surface area (TPSA) is 75.6 Å². The van der Waals surface area contributed by atoms with Gasteiger partial charge in [-0.05, 0) is 17.7 Å². The highest BCUT2D eigenvalue weighted by Gasteiger charge is 2.08. The van der Waals surface area contributed by atoms with Crippen molar-refractivity contribution < 1.29 is 0 Å². The molecule has 0 bridgehead atoms. The molecule has 0 radical (unpaired) electrons. The lowest BCUT2D eigenvalue weighted by Gasteiger charge is -2.06. The van der Waals surface area contributed by atoms with Crippen LogP contribution in [0.4, 0.5) is 5.82 Å². The molecule has 0 aliphatic heterocycles. The molecule has 7 heteroatoms. The first kappa shape index (κ1) is 13.9. The number of nitrogen functional groups attached to an aromatic ring is 1. The van der Waals surface area contributed by atoms with Crippen LogP contribution in [0.25, 0.3) is 0 Å².